The van der Waals surface area contributed by atoms with Crippen molar-refractivity contribution in [2.24, 2.45) is 11.8 Å². The molecule has 0 aliphatic heterocycles. The number of carbonyl (C=O) groups excluding carboxylic acids is 6. The molecule has 0 bridgehead atoms. The molecule has 0 saturated heterocycles. The number of carboxylic acids is 2. The van der Waals surface area contributed by atoms with E-state index in [1.807, 2.05) is 0 Å². The minimum atomic E-state index is -4.87. The van der Waals surface area contributed by atoms with Crippen LogP contribution in [0.1, 0.15) is 65.6 Å². The second-order valence-electron chi connectivity index (χ2n) is 15.8. The lowest BCUT2D eigenvalue weighted by Gasteiger charge is -2.30. The molecule has 1 heterocycles. The van der Waals surface area contributed by atoms with Gasteiger partial charge in [0.1, 0.15) is 24.2 Å². The number of carbonyl (C=O) groups is 8. The second-order valence-corrected chi connectivity index (χ2v) is 17.8. The first-order valence-electron chi connectivity index (χ1n) is 20.7. The van der Waals surface area contributed by atoms with Gasteiger partial charge in [-0.2, -0.15) is 14.7 Å². The van der Waals surface area contributed by atoms with E-state index in [1.165, 1.54) is 31.3 Å². The summed E-state index contributed by atoms with van der Waals surface area (Å²) in [6.45, 7) is 0. The minimum absolute atomic E-state index is 0.00793. The lowest BCUT2D eigenvalue weighted by Crippen LogP contribution is -2.59. The topological polar surface area (TPSA) is 314 Å². The first-order chi connectivity index (χ1) is 30.8. The van der Waals surface area contributed by atoms with Gasteiger partial charge in [-0.3, -0.25) is 33.6 Å². The molecule has 1 fully saturated rings. The summed E-state index contributed by atoms with van der Waals surface area (Å²) in [6.07, 6.45) is 1.85. The molecule has 1 aliphatic rings. The summed E-state index contributed by atoms with van der Waals surface area (Å²) < 4.78 is 0. The first kappa shape index (κ1) is 49.8. The van der Waals surface area contributed by atoms with Crippen LogP contribution in [0.2, 0.25) is 5.02 Å². The number of aromatic amines is 1. The van der Waals surface area contributed by atoms with Crippen molar-refractivity contribution < 1.29 is 63.2 Å². The molecule has 3 aromatic carbocycles. The van der Waals surface area contributed by atoms with Gasteiger partial charge in [0, 0.05) is 54.9 Å². The van der Waals surface area contributed by atoms with Crippen LogP contribution < -0.4 is 26.6 Å². The molecular weight excluding hydrogens is 887 g/mol. The lowest BCUT2D eigenvalue weighted by atomic mass is 9.78. The molecule has 346 valence electrons. The van der Waals surface area contributed by atoms with Gasteiger partial charge >= 0.3 is 25.4 Å². The Balaban J connectivity index is 1.42. The van der Waals surface area contributed by atoms with Gasteiger partial charge in [0.05, 0.1) is 17.4 Å². The van der Waals surface area contributed by atoms with Crippen LogP contribution in [-0.2, 0) is 52.8 Å². The number of H-pyrrole nitrogens is 1. The lowest BCUT2D eigenvalue weighted by molar-refractivity contribution is -0.149. The molecule has 65 heavy (non-hydrogen) atoms. The third-order valence-electron chi connectivity index (χ3n) is 11.2. The maximum atomic E-state index is 14.4. The number of rotatable bonds is 21. The van der Waals surface area contributed by atoms with Crippen LogP contribution in [0.4, 0.5) is 0 Å². The normalized spacial score (nSPS) is 16.8. The third-order valence-corrected chi connectivity index (χ3v) is 12.2. The second kappa shape index (κ2) is 22.6. The van der Waals surface area contributed by atoms with Gasteiger partial charge in [-0.1, -0.05) is 73.0 Å². The van der Waals surface area contributed by atoms with Gasteiger partial charge in [-0.15, -0.1) is 0 Å². The van der Waals surface area contributed by atoms with E-state index in [2.05, 4.69) is 31.6 Å². The summed E-state index contributed by atoms with van der Waals surface area (Å²) >= 11 is 6.13. The molecular formula is C44H51ClN6O13P+. The van der Waals surface area contributed by atoms with E-state index in [-0.39, 0.29) is 37.7 Å². The maximum Gasteiger partial charge on any atom is 0.483 e. The Morgan fingerprint density at radius 2 is 1.25 bits per heavy atom. The van der Waals surface area contributed by atoms with Gasteiger partial charge in [-0.05, 0) is 60.2 Å². The minimum Gasteiger partial charge on any atom is -0.481 e. The number of hydrogen-bond donors (Lipinski definition) is 11. The molecule has 5 amide bonds. The van der Waals surface area contributed by atoms with Crippen molar-refractivity contribution in [1.29, 1.82) is 0 Å². The smallest absolute Gasteiger partial charge is 0.481 e. The third kappa shape index (κ3) is 13.9. The fourth-order valence-corrected chi connectivity index (χ4v) is 8.43. The molecule has 5 rings (SSSR count). The van der Waals surface area contributed by atoms with E-state index < -0.39 is 104 Å². The summed E-state index contributed by atoms with van der Waals surface area (Å²) in [4.78, 5) is 137. The Morgan fingerprint density at radius 3 is 1.83 bits per heavy atom. The van der Waals surface area contributed by atoms with Crippen molar-refractivity contribution in [3.05, 3.63) is 106 Å². The van der Waals surface area contributed by atoms with Crippen molar-refractivity contribution in [2.45, 2.75) is 82.0 Å². The van der Waals surface area contributed by atoms with Crippen LogP contribution in [0, 0.1) is 11.8 Å². The van der Waals surface area contributed by atoms with Gasteiger partial charge in [0.15, 0.2) is 0 Å². The van der Waals surface area contributed by atoms with E-state index in [1.54, 1.807) is 54.7 Å². The van der Waals surface area contributed by atoms with Crippen molar-refractivity contribution in [2.75, 3.05) is 7.05 Å². The summed E-state index contributed by atoms with van der Waals surface area (Å²) in [5.41, 5.74) is 0.647. The quantitative estimate of drug-likeness (QED) is 0.0535. The number of nitrogens with one attached hydrogen (secondary N) is 6. The summed E-state index contributed by atoms with van der Waals surface area (Å²) in [5, 5.41) is 33.7. The number of fused-ring (bicyclic) bond motifs is 1. The summed E-state index contributed by atoms with van der Waals surface area (Å²) in [7, 11) is -3.50. The monoisotopic (exact) mass is 937 g/mol. The number of likely N-dealkylation sites (N-methyl/N-ethyl adjacent to an activating group) is 1. The molecule has 0 radical (unpaired) electrons. The molecule has 6 atom stereocenters. The Kier molecular flexibility index (Phi) is 17.3. The number of halogens is 1. The van der Waals surface area contributed by atoms with Crippen molar-refractivity contribution >= 4 is 77.4 Å². The van der Waals surface area contributed by atoms with Gasteiger partial charge in [-0.25, -0.2) is 4.79 Å². The number of aromatic nitrogens is 1. The molecule has 21 heteroatoms. The van der Waals surface area contributed by atoms with E-state index in [4.69, 9.17) is 11.6 Å². The molecule has 1 saturated carbocycles. The van der Waals surface area contributed by atoms with E-state index >= 15 is 0 Å². The van der Waals surface area contributed by atoms with E-state index in [0.717, 1.165) is 5.39 Å². The molecule has 4 aromatic rings. The average molecular weight is 938 g/mol. The first-order valence-corrected chi connectivity index (χ1v) is 22.7. The highest BCUT2D eigenvalue weighted by Gasteiger charge is 2.43. The average Bonchev–Trinajstić information content (AvgIpc) is 3.67. The zero-order valence-electron chi connectivity index (χ0n) is 35.2. The van der Waals surface area contributed by atoms with Crippen LogP contribution in [-0.4, -0.2) is 108 Å². The summed E-state index contributed by atoms with van der Waals surface area (Å²) in [6, 6.07) is 12.9. The van der Waals surface area contributed by atoms with Crippen LogP contribution in [0.5, 0.6) is 0 Å². The molecule has 0 unspecified atom stereocenters. The zero-order chi connectivity index (χ0) is 47.4. The molecule has 11 N–H and O–H groups in total. The standard InChI is InChI=1S/C44H50ClN6O13P/c1-46-39(55)36(21-27-23-47-33-22-28(45)15-16-29(27)33)51-40(56)32(17-18-37(52)53)48-41(57)35(19-24-7-3-2-4-8-24)50-42(58)34(49-38(54)30-9-5-6-10-31(30)43(59)60)20-25-11-13-26(14-12-25)44(61)65(62,63)64/h2-4,7-8,11-16,22-23,30-32,34-36,47,62-64H,5-6,9-10,17-21H2,1H3,(H6-,46,48,49,50,51,52,53,54,55,56,57,58,59,60)/p+1/t30-,31-,32-,34-,35-,36+/m0/s1. The highest BCUT2D eigenvalue weighted by Crippen LogP contribution is 2.47. The van der Waals surface area contributed by atoms with Crippen LogP contribution in [0.25, 0.3) is 10.9 Å². The van der Waals surface area contributed by atoms with E-state index in [0.29, 0.717) is 40.1 Å². The van der Waals surface area contributed by atoms with Gasteiger partial charge in [0.25, 0.3) is 0 Å². The number of amides is 5. The van der Waals surface area contributed by atoms with Crippen molar-refractivity contribution in [3.63, 3.8) is 0 Å². The van der Waals surface area contributed by atoms with Crippen LogP contribution in [0.3, 0.4) is 0 Å². The van der Waals surface area contributed by atoms with Crippen LogP contribution >= 0.6 is 19.5 Å². The zero-order valence-corrected chi connectivity index (χ0v) is 36.8. The SMILES string of the molecule is CNC(=O)[C@@H](Cc1c[nH]c2cc(Cl)ccc12)NC(=O)[C@H](CCC(=O)O)NC(=O)[C@H](Cc1ccccc1)NC(=O)[C@H](Cc1ccc(C(=O)[P+](O)(O)O)cc1)NC(=O)[C@H]1CCCC[C@@H]1C(=O)O. The Bertz CT molecular complexity index is 2390. The van der Waals surface area contributed by atoms with Crippen LogP contribution in [0.15, 0.2) is 79.0 Å². The number of benzene rings is 3. The fourth-order valence-electron chi connectivity index (χ4n) is 7.76. The molecule has 0 spiro atoms. The number of hydrogen-bond acceptors (Lipinski definition) is 11. The Morgan fingerprint density at radius 1 is 0.692 bits per heavy atom. The number of carboxylic acid groups (broad SMARTS) is 2. The highest BCUT2D eigenvalue weighted by molar-refractivity contribution is 7.76. The largest absolute Gasteiger partial charge is 0.483 e. The molecule has 1 aliphatic carbocycles. The van der Waals surface area contributed by atoms with Gasteiger partial charge in [0.2, 0.25) is 29.5 Å². The van der Waals surface area contributed by atoms with Crippen molar-refractivity contribution in [3.8, 4) is 0 Å². The Labute approximate surface area is 378 Å². The highest BCUT2D eigenvalue weighted by atomic mass is 35.5. The summed E-state index contributed by atoms with van der Waals surface area (Å²) in [5.74, 6) is -8.50. The molecule has 19 nitrogen and oxygen atoms in total. The van der Waals surface area contributed by atoms with Crippen molar-refractivity contribution in [1.82, 2.24) is 31.6 Å². The fraction of sp³-hybridized carbons (Fsp3) is 0.364. The number of aliphatic carboxylic acids is 2. The predicted molar refractivity (Wildman–Crippen MR) is 237 cm³/mol. The molecule has 1 aromatic heterocycles. The van der Waals surface area contributed by atoms with E-state index in [9.17, 15) is 63.2 Å². The van der Waals surface area contributed by atoms with Gasteiger partial charge < -0.3 is 41.8 Å². The Hall–Kier alpha value is -6.24. The predicted octanol–water partition coefficient (Wildman–Crippen LogP) is 2.17. The maximum absolute atomic E-state index is 14.4.